The molecule has 1 aliphatic heterocycles. The standard InChI is InChI=1S/C19H21F3N4O2/c1-18(2,3)14-10-15(28-25-14)24-17(23)13-8-9-16(27)26(13)12-6-4-11(5-7-12)19(20,21)22/h4-7,10,13H,8-9H2,1-3H3,(H2,23,24). The number of hydrogen-bond acceptors (Lipinski definition) is 4. The summed E-state index contributed by atoms with van der Waals surface area (Å²) in [5.41, 5.74) is 6.15. The Kier molecular flexibility index (Phi) is 4.95. The van der Waals surface area contributed by atoms with Crippen LogP contribution in [0, 0.1) is 0 Å². The first-order chi connectivity index (χ1) is 13.0. The summed E-state index contributed by atoms with van der Waals surface area (Å²) in [5.74, 6) is 0.132. The van der Waals surface area contributed by atoms with Crippen LogP contribution in [-0.2, 0) is 16.4 Å². The Hall–Kier alpha value is -2.84. The van der Waals surface area contributed by atoms with Crippen LogP contribution in [0.5, 0.6) is 0 Å². The molecule has 1 fully saturated rings. The number of amidine groups is 1. The van der Waals surface area contributed by atoms with Crippen molar-refractivity contribution in [2.24, 2.45) is 10.7 Å². The van der Waals surface area contributed by atoms with Crippen molar-refractivity contribution in [3.8, 4) is 0 Å². The van der Waals surface area contributed by atoms with Gasteiger partial charge in [-0.2, -0.15) is 18.2 Å². The van der Waals surface area contributed by atoms with Crippen molar-refractivity contribution in [2.45, 2.75) is 51.2 Å². The molecule has 28 heavy (non-hydrogen) atoms. The van der Waals surface area contributed by atoms with Gasteiger partial charge in [-0.05, 0) is 30.7 Å². The van der Waals surface area contributed by atoms with Crippen molar-refractivity contribution in [3.63, 3.8) is 0 Å². The van der Waals surface area contributed by atoms with Crippen LogP contribution in [0.2, 0.25) is 0 Å². The SMILES string of the molecule is CC(C)(C)c1cc(N=C(N)C2CCC(=O)N2c2ccc(C(F)(F)F)cc2)on1. The highest BCUT2D eigenvalue weighted by Gasteiger charge is 2.36. The molecule has 150 valence electrons. The van der Waals surface area contributed by atoms with E-state index in [1.165, 1.54) is 17.0 Å². The molecule has 1 aromatic carbocycles. The maximum absolute atomic E-state index is 12.8. The monoisotopic (exact) mass is 394 g/mol. The van der Waals surface area contributed by atoms with Crippen LogP contribution < -0.4 is 10.6 Å². The third-order valence-corrected chi connectivity index (χ3v) is 4.53. The summed E-state index contributed by atoms with van der Waals surface area (Å²) in [5, 5.41) is 3.97. The fourth-order valence-corrected chi connectivity index (χ4v) is 2.97. The van der Waals surface area contributed by atoms with Gasteiger partial charge in [-0.15, -0.1) is 0 Å². The minimum absolute atomic E-state index is 0.141. The smallest absolute Gasteiger partial charge is 0.385 e. The molecule has 0 spiro atoms. The Labute approximate surface area is 160 Å². The van der Waals surface area contributed by atoms with Gasteiger partial charge < -0.3 is 15.2 Å². The molecule has 1 aromatic heterocycles. The maximum atomic E-state index is 12.8. The lowest BCUT2D eigenvalue weighted by Crippen LogP contribution is -2.42. The molecule has 1 saturated heterocycles. The fraction of sp³-hybridized carbons (Fsp3) is 0.421. The summed E-state index contributed by atoms with van der Waals surface area (Å²) >= 11 is 0. The Morgan fingerprint density at radius 2 is 1.89 bits per heavy atom. The molecule has 9 heteroatoms. The first-order valence-electron chi connectivity index (χ1n) is 8.77. The van der Waals surface area contributed by atoms with E-state index in [9.17, 15) is 18.0 Å². The number of aliphatic imine (C=N–C) groups is 1. The number of anilines is 1. The average molecular weight is 394 g/mol. The first kappa shape index (κ1) is 19.9. The second-order valence-corrected chi connectivity index (χ2v) is 7.70. The number of carbonyl (C=O) groups excluding carboxylic acids is 1. The molecule has 1 amide bonds. The summed E-state index contributed by atoms with van der Waals surface area (Å²) in [4.78, 5) is 17.9. The molecular formula is C19H21F3N4O2. The fourth-order valence-electron chi connectivity index (χ4n) is 2.97. The number of rotatable bonds is 3. The summed E-state index contributed by atoms with van der Waals surface area (Å²) < 4.78 is 43.5. The normalized spacial score (nSPS) is 18.8. The van der Waals surface area contributed by atoms with Crippen LogP contribution >= 0.6 is 0 Å². The van der Waals surface area contributed by atoms with Crippen LogP contribution in [0.15, 0.2) is 39.8 Å². The molecule has 1 atom stereocenters. The number of halogens is 3. The predicted molar refractivity (Wildman–Crippen MR) is 98.4 cm³/mol. The summed E-state index contributed by atoms with van der Waals surface area (Å²) in [6.07, 6.45) is -3.80. The Morgan fingerprint density at radius 3 is 2.43 bits per heavy atom. The van der Waals surface area contributed by atoms with Gasteiger partial charge in [0.05, 0.1) is 17.3 Å². The second kappa shape index (κ2) is 6.96. The highest BCUT2D eigenvalue weighted by Crippen LogP contribution is 2.33. The van der Waals surface area contributed by atoms with E-state index in [1.54, 1.807) is 6.07 Å². The highest BCUT2D eigenvalue weighted by atomic mass is 19.4. The quantitative estimate of drug-likeness (QED) is 0.625. The molecular weight excluding hydrogens is 373 g/mol. The molecule has 2 N–H and O–H groups in total. The lowest BCUT2D eigenvalue weighted by molar-refractivity contribution is -0.137. The Morgan fingerprint density at radius 1 is 1.25 bits per heavy atom. The molecule has 1 unspecified atom stereocenters. The Bertz CT molecular complexity index is 895. The van der Waals surface area contributed by atoms with E-state index in [-0.39, 0.29) is 29.5 Å². The zero-order valence-corrected chi connectivity index (χ0v) is 15.7. The lowest BCUT2D eigenvalue weighted by atomic mass is 9.92. The van der Waals surface area contributed by atoms with Gasteiger partial charge in [-0.1, -0.05) is 25.9 Å². The van der Waals surface area contributed by atoms with Gasteiger partial charge in [-0.3, -0.25) is 4.79 Å². The molecule has 2 heterocycles. The minimum atomic E-state index is -4.44. The van der Waals surface area contributed by atoms with Crippen LogP contribution in [0.1, 0.15) is 44.9 Å². The van der Waals surface area contributed by atoms with E-state index in [0.29, 0.717) is 17.8 Å². The number of alkyl halides is 3. The molecule has 0 radical (unpaired) electrons. The Balaban J connectivity index is 1.86. The van der Waals surface area contributed by atoms with Crippen LogP contribution in [0.4, 0.5) is 24.7 Å². The van der Waals surface area contributed by atoms with E-state index in [1.807, 2.05) is 20.8 Å². The summed E-state index contributed by atoms with van der Waals surface area (Å²) in [6, 6.07) is 5.52. The van der Waals surface area contributed by atoms with Crippen molar-refractivity contribution < 1.29 is 22.5 Å². The molecule has 2 aromatic rings. The number of aromatic nitrogens is 1. The van der Waals surface area contributed by atoms with Gasteiger partial charge in [0.1, 0.15) is 5.84 Å². The molecule has 0 bridgehead atoms. The highest BCUT2D eigenvalue weighted by molar-refractivity contribution is 6.05. The van der Waals surface area contributed by atoms with Gasteiger partial charge in [0.25, 0.3) is 5.88 Å². The largest absolute Gasteiger partial charge is 0.416 e. The summed E-state index contributed by atoms with van der Waals surface area (Å²) in [7, 11) is 0. The molecule has 3 rings (SSSR count). The number of nitrogens with two attached hydrogens (primary N) is 1. The van der Waals surface area contributed by atoms with E-state index in [2.05, 4.69) is 10.1 Å². The van der Waals surface area contributed by atoms with Gasteiger partial charge >= 0.3 is 6.18 Å². The van der Waals surface area contributed by atoms with Crippen LogP contribution in [0.25, 0.3) is 0 Å². The van der Waals surface area contributed by atoms with Crippen molar-refractivity contribution in [2.75, 3.05) is 4.90 Å². The molecule has 6 nitrogen and oxygen atoms in total. The first-order valence-corrected chi connectivity index (χ1v) is 8.77. The zero-order chi connectivity index (χ0) is 20.7. The van der Waals surface area contributed by atoms with Crippen LogP contribution in [-0.4, -0.2) is 22.9 Å². The molecule has 1 aliphatic rings. The average Bonchev–Trinajstić information content (AvgIpc) is 3.20. The number of carbonyl (C=O) groups is 1. The number of hydrogen-bond donors (Lipinski definition) is 1. The third-order valence-electron chi connectivity index (χ3n) is 4.53. The second-order valence-electron chi connectivity index (χ2n) is 7.70. The summed E-state index contributed by atoms with van der Waals surface area (Å²) in [6.45, 7) is 5.93. The van der Waals surface area contributed by atoms with E-state index < -0.39 is 17.8 Å². The van der Waals surface area contributed by atoms with Crippen molar-refractivity contribution in [1.82, 2.24) is 5.16 Å². The topological polar surface area (TPSA) is 84.7 Å². The third kappa shape index (κ3) is 4.02. The predicted octanol–water partition coefficient (Wildman–Crippen LogP) is 4.18. The molecule has 0 saturated carbocycles. The van der Waals surface area contributed by atoms with Crippen molar-refractivity contribution in [1.29, 1.82) is 0 Å². The van der Waals surface area contributed by atoms with E-state index in [4.69, 9.17) is 10.3 Å². The minimum Gasteiger partial charge on any atom is -0.385 e. The van der Waals surface area contributed by atoms with E-state index >= 15 is 0 Å². The number of benzene rings is 1. The van der Waals surface area contributed by atoms with Gasteiger partial charge in [-0.25, -0.2) is 0 Å². The van der Waals surface area contributed by atoms with Gasteiger partial charge in [0.15, 0.2) is 0 Å². The zero-order valence-electron chi connectivity index (χ0n) is 15.7. The van der Waals surface area contributed by atoms with Gasteiger partial charge in [0, 0.05) is 23.6 Å². The maximum Gasteiger partial charge on any atom is 0.416 e. The van der Waals surface area contributed by atoms with Crippen molar-refractivity contribution in [3.05, 3.63) is 41.6 Å². The van der Waals surface area contributed by atoms with E-state index in [0.717, 1.165) is 12.1 Å². The molecule has 0 aliphatic carbocycles. The van der Waals surface area contributed by atoms with Gasteiger partial charge in [0.2, 0.25) is 5.91 Å². The number of amides is 1. The lowest BCUT2D eigenvalue weighted by Gasteiger charge is -2.24. The number of nitrogens with zero attached hydrogens (tertiary/aromatic N) is 3. The van der Waals surface area contributed by atoms with Crippen LogP contribution in [0.3, 0.4) is 0 Å². The van der Waals surface area contributed by atoms with Crippen molar-refractivity contribution >= 4 is 23.3 Å².